The zero-order valence-corrected chi connectivity index (χ0v) is 22.2. The van der Waals surface area contributed by atoms with Gasteiger partial charge in [0.15, 0.2) is 0 Å². The second kappa shape index (κ2) is 9.61. The van der Waals surface area contributed by atoms with Crippen LogP contribution in [0, 0.1) is 0 Å². The summed E-state index contributed by atoms with van der Waals surface area (Å²) in [5.74, 6) is 1.01. The molecule has 0 amide bonds. The lowest BCUT2D eigenvalue weighted by atomic mass is 9.98. The second-order valence-electron chi connectivity index (χ2n) is 10.5. The third-order valence-electron chi connectivity index (χ3n) is 7.02. The molecular weight excluding hydrogens is 416 g/mol. The normalized spacial score (nSPS) is 22.3. The van der Waals surface area contributed by atoms with Gasteiger partial charge in [0, 0.05) is 36.6 Å². The molecule has 1 aliphatic rings. The maximum atomic E-state index is 6.66. The van der Waals surface area contributed by atoms with Gasteiger partial charge in [0.25, 0.3) is 0 Å². The molecule has 2 heterocycles. The lowest BCUT2D eigenvalue weighted by Crippen LogP contribution is -2.57. The summed E-state index contributed by atoms with van der Waals surface area (Å²) in [4.78, 5) is 6.62. The molecular formula is C26H40N2OSSi. The summed E-state index contributed by atoms with van der Waals surface area (Å²) in [5, 5.41) is 2.38. The summed E-state index contributed by atoms with van der Waals surface area (Å²) in [7, 11) is -1.88. The lowest BCUT2D eigenvalue weighted by molar-refractivity contribution is 0.0315. The van der Waals surface area contributed by atoms with Gasteiger partial charge in [-0.2, -0.15) is 0 Å². The third kappa shape index (κ3) is 5.51. The van der Waals surface area contributed by atoms with Crippen LogP contribution in [0.4, 0.5) is 0 Å². The standard InChI is InChI=1S/C26H40N2OSSi/c1-9-15-27-18-21(3)28(19-20(27)2)25(24-14-11-16-30-24)22-12-10-13-23(17-22)29-31(7,8)26(4,5)6/h9-14,16-17,20-21,25H,1,15,18-19H2,2-8H3/t20-,21+,25+/m1/s1. The number of thiophene rings is 1. The van der Waals surface area contributed by atoms with Gasteiger partial charge in [-0.25, -0.2) is 0 Å². The third-order valence-corrected chi connectivity index (χ3v) is 12.3. The van der Waals surface area contributed by atoms with Crippen LogP contribution in [0.25, 0.3) is 0 Å². The van der Waals surface area contributed by atoms with Crippen LogP contribution in [0.3, 0.4) is 0 Å². The van der Waals surface area contributed by atoms with Crippen LogP contribution in [0.5, 0.6) is 5.75 Å². The molecule has 2 aromatic rings. The van der Waals surface area contributed by atoms with E-state index in [9.17, 15) is 0 Å². The molecule has 0 spiro atoms. The summed E-state index contributed by atoms with van der Waals surface area (Å²) in [6.45, 7) is 23.2. The van der Waals surface area contributed by atoms with E-state index in [-0.39, 0.29) is 11.1 Å². The Balaban J connectivity index is 1.93. The van der Waals surface area contributed by atoms with E-state index in [1.54, 1.807) is 0 Å². The fourth-order valence-electron chi connectivity index (χ4n) is 4.17. The van der Waals surface area contributed by atoms with E-state index < -0.39 is 8.32 Å². The minimum absolute atomic E-state index is 0.182. The van der Waals surface area contributed by atoms with E-state index in [1.807, 2.05) is 17.4 Å². The van der Waals surface area contributed by atoms with Gasteiger partial charge in [0.05, 0.1) is 6.04 Å². The molecule has 0 unspecified atom stereocenters. The molecule has 31 heavy (non-hydrogen) atoms. The van der Waals surface area contributed by atoms with Crippen LogP contribution in [0.15, 0.2) is 54.4 Å². The van der Waals surface area contributed by atoms with Crippen LogP contribution in [-0.4, -0.2) is 49.8 Å². The van der Waals surface area contributed by atoms with Crippen molar-refractivity contribution in [3.05, 3.63) is 64.9 Å². The molecule has 1 saturated heterocycles. The van der Waals surface area contributed by atoms with Crippen LogP contribution < -0.4 is 4.43 Å². The van der Waals surface area contributed by atoms with Crippen molar-refractivity contribution >= 4 is 19.7 Å². The van der Waals surface area contributed by atoms with Crippen molar-refractivity contribution in [2.45, 2.75) is 70.9 Å². The predicted octanol–water partition coefficient (Wildman–Crippen LogP) is 6.80. The maximum Gasteiger partial charge on any atom is 0.250 e. The van der Waals surface area contributed by atoms with Gasteiger partial charge in [-0.15, -0.1) is 17.9 Å². The minimum atomic E-state index is -1.88. The van der Waals surface area contributed by atoms with Crippen LogP contribution >= 0.6 is 11.3 Å². The Morgan fingerprint density at radius 1 is 1.16 bits per heavy atom. The lowest BCUT2D eigenvalue weighted by Gasteiger charge is -2.47. The quantitative estimate of drug-likeness (QED) is 0.336. The van der Waals surface area contributed by atoms with Crippen molar-refractivity contribution in [1.82, 2.24) is 9.80 Å². The Morgan fingerprint density at radius 2 is 1.90 bits per heavy atom. The van der Waals surface area contributed by atoms with Crippen LogP contribution in [-0.2, 0) is 0 Å². The average Bonchev–Trinajstić information content (AvgIpc) is 3.19. The minimum Gasteiger partial charge on any atom is -0.543 e. The first-order valence-corrected chi connectivity index (χ1v) is 15.3. The maximum absolute atomic E-state index is 6.66. The molecule has 170 valence electrons. The first-order chi connectivity index (χ1) is 14.5. The predicted molar refractivity (Wildman–Crippen MR) is 138 cm³/mol. The van der Waals surface area contributed by atoms with Crippen molar-refractivity contribution in [1.29, 1.82) is 0 Å². The highest BCUT2D eigenvalue weighted by atomic mass is 32.1. The van der Waals surface area contributed by atoms with Crippen molar-refractivity contribution < 1.29 is 4.43 Å². The topological polar surface area (TPSA) is 15.7 Å². The van der Waals surface area contributed by atoms with Gasteiger partial charge in [0.2, 0.25) is 8.32 Å². The van der Waals surface area contributed by atoms with Crippen molar-refractivity contribution in [2.75, 3.05) is 19.6 Å². The molecule has 0 saturated carbocycles. The molecule has 0 aliphatic carbocycles. The number of nitrogens with zero attached hydrogens (tertiary/aromatic N) is 2. The smallest absolute Gasteiger partial charge is 0.250 e. The van der Waals surface area contributed by atoms with Crippen molar-refractivity contribution in [3.8, 4) is 5.75 Å². The molecule has 0 bridgehead atoms. The number of benzene rings is 1. The number of rotatable bonds is 7. The van der Waals surface area contributed by atoms with Crippen molar-refractivity contribution in [3.63, 3.8) is 0 Å². The van der Waals surface area contributed by atoms with Gasteiger partial charge in [-0.1, -0.05) is 45.0 Å². The summed E-state index contributed by atoms with van der Waals surface area (Å²) < 4.78 is 6.66. The van der Waals surface area contributed by atoms with Gasteiger partial charge < -0.3 is 4.43 Å². The monoisotopic (exact) mass is 456 g/mol. The molecule has 0 radical (unpaired) electrons. The highest BCUT2D eigenvalue weighted by Gasteiger charge is 2.39. The first-order valence-electron chi connectivity index (χ1n) is 11.5. The zero-order valence-electron chi connectivity index (χ0n) is 20.4. The highest BCUT2D eigenvalue weighted by molar-refractivity contribution is 7.10. The van der Waals surface area contributed by atoms with Crippen LogP contribution in [0.2, 0.25) is 18.1 Å². The number of hydrogen-bond donors (Lipinski definition) is 0. The second-order valence-corrected chi connectivity index (χ2v) is 16.2. The molecule has 3 atom stereocenters. The molecule has 1 aliphatic heterocycles. The summed E-state index contributed by atoms with van der Waals surface area (Å²) in [6, 6.07) is 14.5. The Labute approximate surface area is 194 Å². The van der Waals surface area contributed by atoms with Gasteiger partial charge in [-0.3, -0.25) is 9.80 Å². The molecule has 0 N–H and O–H groups in total. The van der Waals surface area contributed by atoms with Crippen LogP contribution in [0.1, 0.15) is 51.1 Å². The SMILES string of the molecule is C=CCN1C[C@H](C)N([C@@H](c2cccc(O[Si](C)(C)C(C)(C)C)c2)c2cccs2)C[C@H]1C. The Hall–Kier alpha value is -1.40. The van der Waals surface area contributed by atoms with E-state index in [4.69, 9.17) is 4.43 Å². The van der Waals surface area contributed by atoms with E-state index in [0.29, 0.717) is 12.1 Å². The van der Waals surface area contributed by atoms with Crippen molar-refractivity contribution in [2.24, 2.45) is 0 Å². The van der Waals surface area contributed by atoms with E-state index >= 15 is 0 Å². The fourth-order valence-corrected chi connectivity index (χ4v) is 6.06. The fraction of sp³-hybridized carbons (Fsp3) is 0.538. The molecule has 1 aromatic carbocycles. The molecule has 3 rings (SSSR count). The number of piperazine rings is 1. The average molecular weight is 457 g/mol. The van der Waals surface area contributed by atoms with E-state index in [2.05, 4.69) is 106 Å². The Kier molecular flexibility index (Phi) is 7.52. The zero-order chi connectivity index (χ0) is 22.8. The first kappa shape index (κ1) is 24.2. The summed E-state index contributed by atoms with van der Waals surface area (Å²) >= 11 is 1.85. The molecule has 5 heteroatoms. The van der Waals surface area contributed by atoms with E-state index in [1.165, 1.54) is 10.4 Å². The number of hydrogen-bond acceptors (Lipinski definition) is 4. The Morgan fingerprint density at radius 3 is 2.52 bits per heavy atom. The van der Waals surface area contributed by atoms with Gasteiger partial charge >= 0.3 is 0 Å². The molecule has 1 fully saturated rings. The molecule has 1 aromatic heterocycles. The van der Waals surface area contributed by atoms with Gasteiger partial charge in [0.1, 0.15) is 5.75 Å². The van der Waals surface area contributed by atoms with E-state index in [0.717, 1.165) is 25.4 Å². The Bertz CT molecular complexity index is 859. The largest absolute Gasteiger partial charge is 0.543 e. The molecule has 3 nitrogen and oxygen atoms in total. The summed E-state index contributed by atoms with van der Waals surface area (Å²) in [6.07, 6.45) is 2.03. The highest BCUT2D eigenvalue weighted by Crippen LogP contribution is 2.40. The van der Waals surface area contributed by atoms with Gasteiger partial charge in [-0.05, 0) is 61.1 Å². The summed E-state index contributed by atoms with van der Waals surface area (Å²) in [5.41, 5.74) is 1.33.